The Kier molecular flexibility index (Phi) is 7.11. The molecule has 0 spiro atoms. The Bertz CT molecular complexity index is 741. The highest BCUT2D eigenvalue weighted by molar-refractivity contribution is 5.93. The Morgan fingerprint density at radius 2 is 2.15 bits per heavy atom. The average molecular weight is 380 g/mol. The molecule has 1 aliphatic rings. The molecule has 2 heterocycles. The molecule has 1 atom stereocenters. The Balaban J connectivity index is 0.00000243. The zero-order chi connectivity index (χ0) is 17.6. The highest BCUT2D eigenvalue weighted by Gasteiger charge is 2.14. The molecule has 1 saturated heterocycles. The lowest BCUT2D eigenvalue weighted by molar-refractivity contribution is -0.384. The van der Waals surface area contributed by atoms with E-state index in [0.717, 1.165) is 19.5 Å². The molecule has 0 radical (unpaired) electrons. The molecule has 1 aliphatic heterocycles. The Morgan fingerprint density at radius 3 is 2.81 bits per heavy atom. The number of nitrogens with one attached hydrogen (secondary N) is 2. The lowest BCUT2D eigenvalue weighted by Crippen LogP contribution is -2.33. The van der Waals surface area contributed by atoms with Gasteiger partial charge in [-0.25, -0.2) is 4.68 Å². The van der Waals surface area contributed by atoms with Crippen LogP contribution in [0.2, 0.25) is 0 Å². The third-order valence-corrected chi connectivity index (χ3v) is 4.41. The van der Waals surface area contributed by atoms with Gasteiger partial charge in [0.15, 0.2) is 0 Å². The van der Waals surface area contributed by atoms with Crippen molar-refractivity contribution >= 4 is 24.0 Å². The molecule has 8 nitrogen and oxygen atoms in total. The quantitative estimate of drug-likeness (QED) is 0.592. The van der Waals surface area contributed by atoms with Gasteiger partial charge in [0.2, 0.25) is 0 Å². The van der Waals surface area contributed by atoms with Crippen LogP contribution in [0.15, 0.2) is 36.7 Å². The van der Waals surface area contributed by atoms with Gasteiger partial charge in [-0.3, -0.25) is 14.9 Å². The number of amides is 1. The van der Waals surface area contributed by atoms with E-state index in [0.29, 0.717) is 23.7 Å². The van der Waals surface area contributed by atoms with Crippen LogP contribution in [0.3, 0.4) is 0 Å². The summed E-state index contributed by atoms with van der Waals surface area (Å²) < 4.78 is 1.53. The maximum Gasteiger partial charge on any atom is 0.269 e. The number of halogens is 1. The van der Waals surface area contributed by atoms with Crippen molar-refractivity contribution in [3.05, 3.63) is 52.3 Å². The minimum absolute atomic E-state index is 0. The minimum atomic E-state index is -0.451. The first kappa shape index (κ1) is 19.9. The molecule has 0 aliphatic carbocycles. The van der Waals surface area contributed by atoms with Gasteiger partial charge in [0.1, 0.15) is 0 Å². The smallest absolute Gasteiger partial charge is 0.269 e. The maximum atomic E-state index is 12.2. The van der Waals surface area contributed by atoms with E-state index in [-0.39, 0.29) is 24.0 Å². The SMILES string of the molecule is Cl.O=C(NCCC1CCCNC1)c1cnn(-c2ccc([N+](=O)[O-])cc2)c1. The van der Waals surface area contributed by atoms with Crippen molar-refractivity contribution in [1.82, 2.24) is 20.4 Å². The zero-order valence-electron chi connectivity index (χ0n) is 14.3. The van der Waals surface area contributed by atoms with E-state index in [2.05, 4.69) is 15.7 Å². The monoisotopic (exact) mass is 379 g/mol. The Morgan fingerprint density at radius 1 is 1.38 bits per heavy atom. The van der Waals surface area contributed by atoms with Crippen LogP contribution in [0.5, 0.6) is 0 Å². The molecule has 1 unspecified atom stereocenters. The fraction of sp³-hybridized carbons (Fsp3) is 0.412. The number of piperidine rings is 1. The van der Waals surface area contributed by atoms with Crippen LogP contribution in [-0.2, 0) is 0 Å². The molecular weight excluding hydrogens is 358 g/mol. The molecule has 9 heteroatoms. The lowest BCUT2D eigenvalue weighted by atomic mass is 9.96. The first-order valence-electron chi connectivity index (χ1n) is 8.42. The van der Waals surface area contributed by atoms with Crippen LogP contribution in [0.4, 0.5) is 5.69 Å². The molecule has 1 amide bonds. The molecule has 140 valence electrons. The largest absolute Gasteiger partial charge is 0.352 e. The minimum Gasteiger partial charge on any atom is -0.352 e. The lowest BCUT2D eigenvalue weighted by Gasteiger charge is -2.22. The molecule has 0 saturated carbocycles. The summed E-state index contributed by atoms with van der Waals surface area (Å²) in [4.78, 5) is 22.4. The van der Waals surface area contributed by atoms with Crippen molar-refractivity contribution in [1.29, 1.82) is 0 Å². The fourth-order valence-corrected chi connectivity index (χ4v) is 2.97. The van der Waals surface area contributed by atoms with Crippen molar-refractivity contribution in [3.8, 4) is 5.69 Å². The average Bonchev–Trinajstić information content (AvgIpc) is 3.13. The second-order valence-electron chi connectivity index (χ2n) is 6.20. The summed E-state index contributed by atoms with van der Waals surface area (Å²) >= 11 is 0. The summed E-state index contributed by atoms with van der Waals surface area (Å²) in [6.45, 7) is 2.76. The number of non-ortho nitro benzene ring substituents is 1. The number of hydrogen-bond donors (Lipinski definition) is 2. The van der Waals surface area contributed by atoms with Gasteiger partial charge in [-0.15, -0.1) is 12.4 Å². The van der Waals surface area contributed by atoms with Gasteiger partial charge in [0.05, 0.1) is 22.4 Å². The molecule has 1 fully saturated rings. The van der Waals surface area contributed by atoms with Crippen molar-refractivity contribution in [2.45, 2.75) is 19.3 Å². The first-order valence-corrected chi connectivity index (χ1v) is 8.42. The molecule has 2 aromatic rings. The van der Waals surface area contributed by atoms with Crippen molar-refractivity contribution in [2.24, 2.45) is 5.92 Å². The second kappa shape index (κ2) is 9.30. The summed E-state index contributed by atoms with van der Waals surface area (Å²) in [5.41, 5.74) is 1.16. The van der Waals surface area contributed by atoms with Crippen LogP contribution in [0, 0.1) is 16.0 Å². The summed E-state index contributed by atoms with van der Waals surface area (Å²) in [6.07, 6.45) is 6.49. The van der Waals surface area contributed by atoms with E-state index >= 15 is 0 Å². The van der Waals surface area contributed by atoms with Crippen LogP contribution in [-0.4, -0.2) is 40.2 Å². The predicted octanol–water partition coefficient (Wildman–Crippen LogP) is 2.32. The first-order chi connectivity index (χ1) is 12.1. The molecule has 1 aromatic heterocycles. The van der Waals surface area contributed by atoms with Crippen molar-refractivity contribution in [3.63, 3.8) is 0 Å². The number of hydrogen-bond acceptors (Lipinski definition) is 5. The molecule has 3 rings (SSSR count). The van der Waals surface area contributed by atoms with E-state index in [9.17, 15) is 14.9 Å². The Labute approximate surface area is 157 Å². The zero-order valence-corrected chi connectivity index (χ0v) is 15.1. The van der Waals surface area contributed by atoms with Crippen molar-refractivity contribution < 1.29 is 9.72 Å². The highest BCUT2D eigenvalue weighted by Crippen LogP contribution is 2.15. The molecule has 2 N–H and O–H groups in total. The van der Waals surface area contributed by atoms with Gasteiger partial charge in [0.25, 0.3) is 11.6 Å². The summed E-state index contributed by atoms with van der Waals surface area (Å²) in [5.74, 6) is 0.466. The van der Waals surface area contributed by atoms with E-state index in [1.807, 2.05) is 0 Å². The number of rotatable bonds is 6. The van der Waals surface area contributed by atoms with Gasteiger partial charge in [-0.2, -0.15) is 5.10 Å². The third-order valence-electron chi connectivity index (χ3n) is 4.41. The maximum absolute atomic E-state index is 12.2. The number of nitrogens with zero attached hydrogens (tertiary/aromatic N) is 3. The highest BCUT2D eigenvalue weighted by atomic mass is 35.5. The Hall–Kier alpha value is -2.45. The molecule has 1 aromatic carbocycles. The number of aromatic nitrogens is 2. The summed E-state index contributed by atoms with van der Waals surface area (Å²) in [5, 5.41) is 21.1. The van der Waals surface area contributed by atoms with Crippen molar-refractivity contribution in [2.75, 3.05) is 19.6 Å². The van der Waals surface area contributed by atoms with Gasteiger partial charge in [-0.1, -0.05) is 0 Å². The number of nitro groups is 1. The number of carbonyl (C=O) groups is 1. The van der Waals surface area contributed by atoms with Gasteiger partial charge in [-0.05, 0) is 50.4 Å². The number of carbonyl (C=O) groups excluding carboxylic acids is 1. The molecule has 0 bridgehead atoms. The van der Waals surface area contributed by atoms with Crippen LogP contribution in [0.25, 0.3) is 5.69 Å². The predicted molar refractivity (Wildman–Crippen MR) is 100 cm³/mol. The van der Waals surface area contributed by atoms with Crippen LogP contribution < -0.4 is 10.6 Å². The van der Waals surface area contributed by atoms with Gasteiger partial charge < -0.3 is 10.6 Å². The normalized spacial score (nSPS) is 16.5. The number of benzene rings is 1. The standard InChI is InChI=1S/C17H21N5O3.ClH/c23-17(19-9-7-13-2-1-8-18-10-13)14-11-20-21(12-14)15-3-5-16(6-4-15)22(24)25;/h3-6,11-13,18H,1-2,7-10H2,(H,19,23);1H. The van der Waals surface area contributed by atoms with E-state index in [1.54, 1.807) is 18.3 Å². The third kappa shape index (κ3) is 5.03. The number of nitro benzene ring substituents is 1. The van der Waals surface area contributed by atoms with Crippen LogP contribution in [0.1, 0.15) is 29.6 Å². The van der Waals surface area contributed by atoms with E-state index in [4.69, 9.17) is 0 Å². The second-order valence-corrected chi connectivity index (χ2v) is 6.20. The van der Waals surface area contributed by atoms with Crippen LogP contribution >= 0.6 is 12.4 Å². The van der Waals surface area contributed by atoms with E-state index in [1.165, 1.54) is 35.9 Å². The molecular formula is C17H22ClN5O3. The summed E-state index contributed by atoms with van der Waals surface area (Å²) in [6, 6.07) is 6.02. The summed E-state index contributed by atoms with van der Waals surface area (Å²) in [7, 11) is 0. The topological polar surface area (TPSA) is 102 Å². The van der Waals surface area contributed by atoms with Gasteiger partial charge >= 0.3 is 0 Å². The molecule has 26 heavy (non-hydrogen) atoms. The van der Waals surface area contributed by atoms with Gasteiger partial charge in [0, 0.05) is 24.9 Å². The van der Waals surface area contributed by atoms with E-state index < -0.39 is 4.92 Å². The fourth-order valence-electron chi connectivity index (χ4n) is 2.97.